The van der Waals surface area contributed by atoms with E-state index in [0.717, 1.165) is 0 Å². The SMILES string of the molecule is NC(=O)[O-].NC(=O)[O-].NC(=O)[O-].[Cr+3]. The zero-order valence-corrected chi connectivity index (χ0v) is 7.36. The van der Waals surface area contributed by atoms with Gasteiger partial charge in [-0.05, 0) is 0 Å². The van der Waals surface area contributed by atoms with Crippen LogP contribution in [-0.2, 0) is 17.4 Å². The van der Waals surface area contributed by atoms with Gasteiger partial charge >= 0.3 is 17.4 Å². The van der Waals surface area contributed by atoms with Crippen LogP contribution >= 0.6 is 0 Å². The largest absolute Gasteiger partial charge is 3.00 e. The van der Waals surface area contributed by atoms with Gasteiger partial charge in [-0.15, -0.1) is 0 Å². The Hall–Kier alpha value is -1.66. The zero-order chi connectivity index (χ0) is 10.7. The summed E-state index contributed by atoms with van der Waals surface area (Å²) < 4.78 is 0. The maximum absolute atomic E-state index is 8.67. The van der Waals surface area contributed by atoms with Crippen LogP contribution < -0.4 is 32.5 Å². The summed E-state index contributed by atoms with van der Waals surface area (Å²) in [6.07, 6.45) is -4.75. The van der Waals surface area contributed by atoms with Crippen LogP contribution in [-0.4, -0.2) is 18.3 Å². The number of rotatable bonds is 0. The van der Waals surface area contributed by atoms with Crippen molar-refractivity contribution in [2.45, 2.75) is 0 Å². The normalized spacial score (nSPS) is 5.54. The van der Waals surface area contributed by atoms with Crippen molar-refractivity contribution >= 4 is 18.3 Å². The van der Waals surface area contributed by atoms with Gasteiger partial charge < -0.3 is 46.9 Å². The molecule has 0 aliphatic carbocycles. The van der Waals surface area contributed by atoms with Crippen LogP contribution in [0.1, 0.15) is 0 Å². The molecule has 0 atom stereocenters. The Morgan fingerprint density at radius 1 is 0.692 bits per heavy atom. The van der Waals surface area contributed by atoms with E-state index in [1.54, 1.807) is 0 Å². The minimum atomic E-state index is -1.58. The molecule has 0 aliphatic rings. The van der Waals surface area contributed by atoms with Crippen molar-refractivity contribution in [3.05, 3.63) is 0 Å². The van der Waals surface area contributed by atoms with E-state index in [9.17, 15) is 0 Å². The van der Waals surface area contributed by atoms with Gasteiger partial charge in [0.15, 0.2) is 0 Å². The Bertz CT molecular complexity index is 121. The summed E-state index contributed by atoms with van der Waals surface area (Å²) in [7, 11) is 0. The van der Waals surface area contributed by atoms with E-state index >= 15 is 0 Å². The Labute approximate surface area is 83.2 Å². The second-order valence-electron chi connectivity index (χ2n) is 0.957. The van der Waals surface area contributed by atoms with Gasteiger partial charge in [0.1, 0.15) is 18.3 Å². The fraction of sp³-hybridized carbons (Fsp3) is 0. The number of hydrogen-bond donors (Lipinski definition) is 3. The molecule has 3 amide bonds. The van der Waals surface area contributed by atoms with Crippen LogP contribution in [0.15, 0.2) is 0 Å². The first-order valence-corrected chi connectivity index (χ1v) is 2.09. The van der Waals surface area contributed by atoms with Crippen molar-refractivity contribution in [1.29, 1.82) is 0 Å². The van der Waals surface area contributed by atoms with Crippen LogP contribution in [0, 0.1) is 0 Å². The monoisotopic (exact) mass is 232 g/mol. The molecule has 0 aliphatic heterocycles. The fourth-order valence-corrected chi connectivity index (χ4v) is 0. The third-order valence-corrected chi connectivity index (χ3v) is 0. The molecule has 0 spiro atoms. The number of carboxylic acid groups (broad SMARTS) is 3. The average Bonchev–Trinajstić information content (AvgIpc) is 1.54. The van der Waals surface area contributed by atoms with E-state index < -0.39 is 18.3 Å². The molecule has 0 unspecified atom stereocenters. The minimum Gasteiger partial charge on any atom is -0.530 e. The van der Waals surface area contributed by atoms with Crippen LogP contribution in [0.4, 0.5) is 14.4 Å². The topological polar surface area (TPSA) is 198 Å². The third kappa shape index (κ3) is 262. The maximum Gasteiger partial charge on any atom is 3.00 e. The van der Waals surface area contributed by atoms with E-state index in [-0.39, 0.29) is 17.4 Å². The molecule has 0 fully saturated rings. The molecule has 13 heavy (non-hydrogen) atoms. The smallest absolute Gasteiger partial charge is 0.530 e. The maximum atomic E-state index is 8.67. The number of hydrogen-bond acceptors (Lipinski definition) is 6. The number of amides is 3. The van der Waals surface area contributed by atoms with E-state index in [1.165, 1.54) is 0 Å². The summed E-state index contributed by atoms with van der Waals surface area (Å²) in [4.78, 5) is 26.0. The summed E-state index contributed by atoms with van der Waals surface area (Å²) >= 11 is 0. The quantitative estimate of drug-likeness (QED) is 0.372. The molecule has 0 aromatic carbocycles. The Balaban J connectivity index is -0.0000000450. The first-order valence-electron chi connectivity index (χ1n) is 2.09. The van der Waals surface area contributed by atoms with Crippen molar-refractivity contribution < 1.29 is 47.1 Å². The van der Waals surface area contributed by atoms with Crippen molar-refractivity contribution in [1.82, 2.24) is 0 Å². The Morgan fingerprint density at radius 2 is 0.692 bits per heavy atom. The van der Waals surface area contributed by atoms with Crippen molar-refractivity contribution in [3.8, 4) is 0 Å². The summed E-state index contributed by atoms with van der Waals surface area (Å²) in [6, 6.07) is 0. The minimum absolute atomic E-state index is 0. The second-order valence-corrected chi connectivity index (χ2v) is 0.957. The number of primary amides is 3. The van der Waals surface area contributed by atoms with Gasteiger partial charge in [-0.2, -0.15) is 0 Å². The van der Waals surface area contributed by atoms with Crippen molar-refractivity contribution in [2.75, 3.05) is 0 Å². The molecule has 6 N–H and O–H groups in total. The molecular weight excluding hydrogens is 226 g/mol. The standard InChI is InChI=1S/3CH3NO2.Cr/c3*2-1(3)4;/h3*2H2,(H,3,4);/q;;;+3/p-3. The Kier molecular flexibility index (Phi) is 29.0. The van der Waals surface area contributed by atoms with Crippen molar-refractivity contribution in [3.63, 3.8) is 0 Å². The van der Waals surface area contributed by atoms with Gasteiger partial charge in [0.05, 0.1) is 0 Å². The number of carbonyl (C=O) groups excluding carboxylic acids is 3. The van der Waals surface area contributed by atoms with Crippen LogP contribution in [0.25, 0.3) is 0 Å². The summed E-state index contributed by atoms with van der Waals surface area (Å²) in [6.45, 7) is 0. The predicted octanol–water partition coefficient (Wildman–Crippen LogP) is -5.14. The molecule has 0 saturated heterocycles. The summed E-state index contributed by atoms with van der Waals surface area (Å²) in [5, 5.41) is 26.0. The second kappa shape index (κ2) is 16.7. The van der Waals surface area contributed by atoms with Crippen LogP contribution in [0.5, 0.6) is 0 Å². The van der Waals surface area contributed by atoms with Gasteiger partial charge in [0, 0.05) is 0 Å². The van der Waals surface area contributed by atoms with Crippen LogP contribution in [0.3, 0.4) is 0 Å². The van der Waals surface area contributed by atoms with E-state index in [0.29, 0.717) is 0 Å². The van der Waals surface area contributed by atoms with Gasteiger partial charge in [-0.3, -0.25) is 0 Å². The van der Waals surface area contributed by atoms with E-state index in [4.69, 9.17) is 29.7 Å². The fourth-order valence-electron chi connectivity index (χ4n) is 0. The average molecular weight is 232 g/mol. The van der Waals surface area contributed by atoms with Crippen molar-refractivity contribution in [2.24, 2.45) is 17.2 Å². The molecule has 0 heterocycles. The van der Waals surface area contributed by atoms with Gasteiger partial charge in [-0.25, -0.2) is 0 Å². The van der Waals surface area contributed by atoms with E-state index in [2.05, 4.69) is 17.2 Å². The molecule has 9 nitrogen and oxygen atoms in total. The molecule has 0 saturated carbocycles. The molecule has 1 radical (unpaired) electrons. The zero-order valence-electron chi connectivity index (χ0n) is 6.09. The molecular formula is C3H6CrN3O6. The Morgan fingerprint density at radius 3 is 0.692 bits per heavy atom. The third-order valence-electron chi connectivity index (χ3n) is 0. The number of nitrogens with two attached hydrogens (primary N) is 3. The molecule has 10 heteroatoms. The summed E-state index contributed by atoms with van der Waals surface area (Å²) in [5.74, 6) is 0. The van der Waals surface area contributed by atoms with Crippen LogP contribution in [0.2, 0.25) is 0 Å². The molecule has 75 valence electrons. The summed E-state index contributed by atoms with van der Waals surface area (Å²) in [5.41, 5.74) is 11.8. The van der Waals surface area contributed by atoms with E-state index in [1.807, 2.05) is 0 Å². The molecule has 0 aromatic rings. The molecule has 0 rings (SSSR count). The molecule has 0 bridgehead atoms. The van der Waals surface area contributed by atoms with Gasteiger partial charge in [0.25, 0.3) is 0 Å². The first kappa shape index (κ1) is 22.5. The van der Waals surface area contributed by atoms with Gasteiger partial charge in [-0.1, -0.05) is 0 Å². The number of carbonyl (C=O) groups is 3. The first-order chi connectivity index (χ1) is 5.20. The molecule has 0 aromatic heterocycles. The predicted molar refractivity (Wildman–Crippen MR) is 28.8 cm³/mol. The van der Waals surface area contributed by atoms with Gasteiger partial charge in [0.2, 0.25) is 0 Å².